The van der Waals surface area contributed by atoms with Crippen molar-refractivity contribution < 1.29 is 45.3 Å². The van der Waals surface area contributed by atoms with Gasteiger partial charge >= 0.3 is 18.3 Å². The normalized spacial score (nSPS) is 12.1. The van der Waals surface area contributed by atoms with Crippen molar-refractivity contribution in [1.82, 2.24) is 14.6 Å². The molecule has 7 nitrogen and oxygen atoms in total. The molecule has 3 heterocycles. The molecule has 0 amide bonds. The van der Waals surface area contributed by atoms with Crippen LogP contribution < -0.4 is 9.47 Å². The Balaban J connectivity index is 2.00. The van der Waals surface area contributed by atoms with Crippen molar-refractivity contribution in [2.45, 2.75) is 12.4 Å². The van der Waals surface area contributed by atoms with Crippen LogP contribution in [0.3, 0.4) is 0 Å². The average molecular weight is 435 g/mol. The fourth-order valence-electron chi connectivity index (χ4n) is 2.44. The van der Waals surface area contributed by atoms with Crippen molar-refractivity contribution >= 4 is 11.5 Å². The minimum atomic E-state index is -4.95. The molecular weight excluding hydrogens is 424 g/mol. The number of ether oxygens (including phenoxy) is 3. The van der Waals surface area contributed by atoms with Crippen molar-refractivity contribution in [3.63, 3.8) is 0 Å². The van der Waals surface area contributed by atoms with Crippen LogP contribution in [-0.4, -0.2) is 40.5 Å². The molecule has 0 spiro atoms. The first-order valence-corrected chi connectivity index (χ1v) is 8.00. The SMILES string of the molecule is COC(=O)c1nn2ccc(Oc3ncccc3OCC(F)(F)F)cc2c1C(F)(F)F. The van der Waals surface area contributed by atoms with E-state index in [0.29, 0.717) is 0 Å². The third-order valence-corrected chi connectivity index (χ3v) is 3.61. The van der Waals surface area contributed by atoms with Gasteiger partial charge in [0.05, 0.1) is 12.6 Å². The Kier molecular flexibility index (Phi) is 5.46. The fourth-order valence-corrected chi connectivity index (χ4v) is 2.44. The molecule has 0 saturated heterocycles. The van der Waals surface area contributed by atoms with Crippen molar-refractivity contribution in [2.24, 2.45) is 0 Å². The van der Waals surface area contributed by atoms with E-state index in [2.05, 4.69) is 19.6 Å². The third kappa shape index (κ3) is 4.55. The third-order valence-electron chi connectivity index (χ3n) is 3.61. The lowest BCUT2D eigenvalue weighted by molar-refractivity contribution is -0.153. The van der Waals surface area contributed by atoms with E-state index in [9.17, 15) is 31.1 Å². The van der Waals surface area contributed by atoms with Crippen LogP contribution >= 0.6 is 0 Å². The second kappa shape index (κ2) is 7.72. The van der Waals surface area contributed by atoms with Gasteiger partial charge in [0.2, 0.25) is 0 Å². The summed E-state index contributed by atoms with van der Waals surface area (Å²) in [5, 5.41) is 3.57. The molecule has 0 unspecified atom stereocenters. The molecule has 0 radical (unpaired) electrons. The van der Waals surface area contributed by atoms with Gasteiger partial charge in [0.1, 0.15) is 11.3 Å². The number of esters is 1. The molecule has 0 aliphatic carbocycles. The summed E-state index contributed by atoms with van der Waals surface area (Å²) < 4.78 is 92.7. The van der Waals surface area contributed by atoms with Crippen LogP contribution in [0.1, 0.15) is 16.1 Å². The number of alkyl halides is 6. The molecule has 0 aliphatic heterocycles. The number of rotatable bonds is 5. The predicted molar refractivity (Wildman–Crippen MR) is 87.4 cm³/mol. The van der Waals surface area contributed by atoms with Gasteiger partial charge in [0, 0.05) is 18.5 Å². The molecule has 0 bridgehead atoms. The van der Waals surface area contributed by atoms with Crippen LogP contribution in [0.15, 0.2) is 36.7 Å². The molecule has 3 rings (SSSR count). The first-order chi connectivity index (χ1) is 14.0. The summed E-state index contributed by atoms with van der Waals surface area (Å²) >= 11 is 0. The summed E-state index contributed by atoms with van der Waals surface area (Å²) in [6.45, 7) is -1.61. The molecule has 0 N–H and O–H groups in total. The van der Waals surface area contributed by atoms with Crippen molar-refractivity contribution in [2.75, 3.05) is 13.7 Å². The van der Waals surface area contributed by atoms with Gasteiger partial charge in [-0.3, -0.25) is 0 Å². The molecule has 0 aromatic carbocycles. The number of carbonyl (C=O) groups is 1. The number of hydrogen-bond acceptors (Lipinski definition) is 6. The number of carbonyl (C=O) groups excluding carboxylic acids is 1. The molecule has 3 aromatic rings. The van der Waals surface area contributed by atoms with Crippen molar-refractivity contribution in [3.05, 3.63) is 47.9 Å². The fraction of sp³-hybridized carbons (Fsp3) is 0.235. The highest BCUT2D eigenvalue weighted by Crippen LogP contribution is 2.37. The van der Waals surface area contributed by atoms with E-state index in [-0.39, 0.29) is 11.5 Å². The second-order valence-corrected chi connectivity index (χ2v) is 5.72. The minimum absolute atomic E-state index is 0.208. The van der Waals surface area contributed by atoms with Crippen LogP contribution in [0.25, 0.3) is 5.52 Å². The Labute approximate surface area is 163 Å². The van der Waals surface area contributed by atoms with E-state index in [1.54, 1.807) is 0 Å². The average Bonchev–Trinajstić information content (AvgIpc) is 3.05. The van der Waals surface area contributed by atoms with Crippen molar-refractivity contribution in [1.29, 1.82) is 0 Å². The summed E-state index contributed by atoms with van der Waals surface area (Å²) in [6, 6.07) is 4.54. The van der Waals surface area contributed by atoms with E-state index >= 15 is 0 Å². The molecule has 13 heteroatoms. The Morgan fingerprint density at radius 2 is 1.90 bits per heavy atom. The summed E-state index contributed by atoms with van der Waals surface area (Å²) in [5.41, 5.74) is -2.84. The first kappa shape index (κ1) is 21.2. The highest BCUT2D eigenvalue weighted by Gasteiger charge is 2.41. The van der Waals surface area contributed by atoms with Crippen LogP contribution in [-0.2, 0) is 10.9 Å². The van der Waals surface area contributed by atoms with Gasteiger partial charge < -0.3 is 14.2 Å². The van der Waals surface area contributed by atoms with E-state index in [1.165, 1.54) is 18.3 Å². The minimum Gasteiger partial charge on any atom is -0.478 e. The molecule has 160 valence electrons. The highest BCUT2D eigenvalue weighted by molar-refractivity contribution is 5.91. The first-order valence-electron chi connectivity index (χ1n) is 8.00. The zero-order valence-corrected chi connectivity index (χ0v) is 14.9. The van der Waals surface area contributed by atoms with Gasteiger partial charge in [0.25, 0.3) is 5.88 Å². The predicted octanol–water partition coefficient (Wildman–Crippen LogP) is 4.27. The van der Waals surface area contributed by atoms with Gasteiger partial charge in [-0.1, -0.05) is 0 Å². The second-order valence-electron chi connectivity index (χ2n) is 5.72. The van der Waals surface area contributed by atoms with Gasteiger partial charge in [-0.2, -0.15) is 31.4 Å². The van der Waals surface area contributed by atoms with Gasteiger partial charge in [-0.25, -0.2) is 14.3 Å². The maximum Gasteiger partial charge on any atom is 0.422 e. The van der Waals surface area contributed by atoms with E-state index in [4.69, 9.17) is 4.74 Å². The zero-order valence-electron chi connectivity index (χ0n) is 14.9. The number of aromatic nitrogens is 3. The van der Waals surface area contributed by atoms with Crippen LogP contribution in [0, 0.1) is 0 Å². The Hall–Kier alpha value is -3.51. The maximum atomic E-state index is 13.5. The monoisotopic (exact) mass is 435 g/mol. The molecule has 0 aliphatic rings. The summed E-state index contributed by atoms with van der Waals surface area (Å²) in [7, 11) is 0.907. The van der Waals surface area contributed by atoms with Crippen LogP contribution in [0.2, 0.25) is 0 Å². The molecule has 0 atom stereocenters. The number of methoxy groups -OCH3 is 1. The van der Waals surface area contributed by atoms with Crippen LogP contribution in [0.5, 0.6) is 17.4 Å². The highest BCUT2D eigenvalue weighted by atomic mass is 19.4. The zero-order chi connectivity index (χ0) is 22.1. The largest absolute Gasteiger partial charge is 0.478 e. The summed E-state index contributed by atoms with van der Waals surface area (Å²) in [5.74, 6) is -2.26. The standard InChI is InChI=1S/C17H11F6N3O4/c1-28-15(27)13-12(17(21,22)23)10-7-9(4-6-26(10)25-13)30-14-11(3-2-5-24-14)29-8-16(18,19)20/h2-7H,8H2,1H3. The van der Waals surface area contributed by atoms with E-state index in [0.717, 1.165) is 30.0 Å². The Morgan fingerprint density at radius 1 is 1.17 bits per heavy atom. The number of fused-ring (bicyclic) bond motifs is 1. The van der Waals surface area contributed by atoms with Gasteiger partial charge in [0.15, 0.2) is 18.1 Å². The lowest BCUT2D eigenvalue weighted by Crippen LogP contribution is -2.19. The molecule has 3 aromatic heterocycles. The number of nitrogens with zero attached hydrogens (tertiary/aromatic N) is 3. The van der Waals surface area contributed by atoms with Crippen molar-refractivity contribution in [3.8, 4) is 17.4 Å². The molecule has 0 fully saturated rings. The van der Waals surface area contributed by atoms with Crippen LogP contribution in [0.4, 0.5) is 26.3 Å². The summed E-state index contributed by atoms with van der Waals surface area (Å²) in [4.78, 5) is 15.4. The van der Waals surface area contributed by atoms with Gasteiger partial charge in [-0.05, 0) is 18.2 Å². The van der Waals surface area contributed by atoms with Gasteiger partial charge in [-0.15, -0.1) is 0 Å². The summed E-state index contributed by atoms with van der Waals surface area (Å²) in [6.07, 6.45) is -7.29. The number of hydrogen-bond donors (Lipinski definition) is 0. The quantitative estimate of drug-likeness (QED) is 0.440. The maximum absolute atomic E-state index is 13.5. The molecular formula is C17H11F6N3O4. The lowest BCUT2D eigenvalue weighted by Gasteiger charge is -2.13. The smallest absolute Gasteiger partial charge is 0.422 e. The topological polar surface area (TPSA) is 75.0 Å². The number of halogens is 6. The Bertz CT molecular complexity index is 1080. The Morgan fingerprint density at radius 3 is 2.53 bits per heavy atom. The number of pyridine rings is 2. The molecule has 0 saturated carbocycles. The molecule has 30 heavy (non-hydrogen) atoms. The lowest BCUT2D eigenvalue weighted by atomic mass is 10.2. The van der Waals surface area contributed by atoms with E-state index in [1.807, 2.05) is 0 Å². The van der Waals surface area contributed by atoms with E-state index < -0.39 is 47.6 Å².